The average molecular weight is 221 g/mol. The SMILES string of the molecule is CC([NH3+])NCCSC[C@@](C)(N)C(=O)[O-]. The third-order valence-corrected chi connectivity index (χ3v) is 2.90. The molecule has 0 saturated carbocycles. The van der Waals surface area contributed by atoms with Crippen molar-refractivity contribution in [1.29, 1.82) is 0 Å². The highest BCUT2D eigenvalue weighted by Gasteiger charge is 2.19. The van der Waals surface area contributed by atoms with Crippen molar-refractivity contribution in [2.75, 3.05) is 18.1 Å². The van der Waals surface area contributed by atoms with E-state index in [1.165, 1.54) is 18.7 Å². The van der Waals surface area contributed by atoms with E-state index in [0.29, 0.717) is 5.75 Å². The molecule has 0 rings (SSSR count). The standard InChI is InChI=1S/C8H19N3O2S/c1-6(9)11-3-4-14-5-8(2,10)7(12)13/h6,11H,3-5,9-10H2,1-2H3,(H,12,13)/t6?,8-/m1/s1. The fourth-order valence-corrected chi connectivity index (χ4v) is 1.67. The molecule has 0 aliphatic rings. The molecular weight excluding hydrogens is 202 g/mol. The molecule has 14 heavy (non-hydrogen) atoms. The number of nitrogens with one attached hydrogen (secondary N) is 1. The van der Waals surface area contributed by atoms with E-state index in [2.05, 4.69) is 11.1 Å². The maximum absolute atomic E-state index is 10.5. The maximum Gasteiger partial charge on any atom is 0.135 e. The van der Waals surface area contributed by atoms with Crippen molar-refractivity contribution in [3.05, 3.63) is 0 Å². The molecule has 0 spiro atoms. The van der Waals surface area contributed by atoms with Crippen molar-refractivity contribution in [3.63, 3.8) is 0 Å². The van der Waals surface area contributed by atoms with Crippen LogP contribution in [-0.4, -0.2) is 35.7 Å². The van der Waals surface area contributed by atoms with Crippen LogP contribution in [0.3, 0.4) is 0 Å². The van der Waals surface area contributed by atoms with E-state index < -0.39 is 11.5 Å². The summed E-state index contributed by atoms with van der Waals surface area (Å²) in [5.41, 5.74) is 8.01. The second-order valence-electron chi connectivity index (χ2n) is 3.61. The van der Waals surface area contributed by atoms with Crippen LogP contribution in [0.4, 0.5) is 0 Å². The summed E-state index contributed by atoms with van der Waals surface area (Å²) in [6.45, 7) is 4.23. The number of aliphatic carboxylic acids is 1. The highest BCUT2D eigenvalue weighted by atomic mass is 32.2. The van der Waals surface area contributed by atoms with Crippen LogP contribution in [0, 0.1) is 0 Å². The van der Waals surface area contributed by atoms with Crippen molar-refractivity contribution in [1.82, 2.24) is 5.32 Å². The molecule has 0 aliphatic heterocycles. The van der Waals surface area contributed by atoms with Gasteiger partial charge in [0.15, 0.2) is 0 Å². The highest BCUT2D eigenvalue weighted by molar-refractivity contribution is 7.99. The zero-order chi connectivity index (χ0) is 11.2. The van der Waals surface area contributed by atoms with Gasteiger partial charge in [0.05, 0.1) is 11.5 Å². The Balaban J connectivity index is 3.49. The molecule has 0 aromatic rings. The van der Waals surface area contributed by atoms with Gasteiger partial charge in [0, 0.05) is 25.0 Å². The molecule has 0 aromatic heterocycles. The van der Waals surface area contributed by atoms with Crippen LogP contribution >= 0.6 is 11.8 Å². The average Bonchev–Trinajstić information content (AvgIpc) is 2.02. The number of quaternary nitrogens is 1. The van der Waals surface area contributed by atoms with Gasteiger partial charge >= 0.3 is 0 Å². The Hall–Kier alpha value is -0.300. The quantitative estimate of drug-likeness (QED) is 0.322. The van der Waals surface area contributed by atoms with Crippen LogP contribution in [0.2, 0.25) is 0 Å². The number of rotatable bonds is 7. The van der Waals surface area contributed by atoms with Crippen LogP contribution < -0.4 is 21.9 Å². The number of carboxylic acids is 1. The zero-order valence-corrected chi connectivity index (χ0v) is 9.52. The van der Waals surface area contributed by atoms with Crippen molar-refractivity contribution >= 4 is 17.7 Å². The van der Waals surface area contributed by atoms with Gasteiger partial charge < -0.3 is 21.4 Å². The molecule has 0 fully saturated rings. The molecule has 6 heteroatoms. The molecular formula is C8H19N3O2S. The summed E-state index contributed by atoms with van der Waals surface area (Å²) in [7, 11) is 0. The first kappa shape index (κ1) is 13.7. The molecule has 1 unspecified atom stereocenters. The fourth-order valence-electron chi connectivity index (χ4n) is 0.721. The molecule has 0 aliphatic carbocycles. The van der Waals surface area contributed by atoms with Crippen molar-refractivity contribution in [3.8, 4) is 0 Å². The lowest BCUT2D eigenvalue weighted by atomic mass is 10.1. The Bertz CT molecular complexity index is 185. The number of carboxylic acid groups (broad SMARTS) is 1. The Morgan fingerprint density at radius 1 is 1.79 bits per heavy atom. The number of nitrogens with two attached hydrogens (primary N) is 1. The molecule has 0 aromatic carbocycles. The first-order chi connectivity index (χ1) is 6.36. The molecule has 5 nitrogen and oxygen atoms in total. The highest BCUT2D eigenvalue weighted by Crippen LogP contribution is 2.08. The predicted molar refractivity (Wildman–Crippen MR) is 55.3 cm³/mol. The molecule has 0 heterocycles. The minimum atomic E-state index is -1.24. The summed E-state index contributed by atoms with van der Waals surface area (Å²) >= 11 is 1.49. The Labute approximate surface area is 88.6 Å². The van der Waals surface area contributed by atoms with E-state index in [1.807, 2.05) is 6.92 Å². The lowest BCUT2D eigenvalue weighted by Gasteiger charge is -2.25. The van der Waals surface area contributed by atoms with Gasteiger partial charge in [0.2, 0.25) is 0 Å². The smallest absolute Gasteiger partial charge is 0.135 e. The zero-order valence-electron chi connectivity index (χ0n) is 8.71. The van der Waals surface area contributed by atoms with Gasteiger partial charge in [0.1, 0.15) is 6.17 Å². The number of thioether (sulfide) groups is 1. The molecule has 0 amide bonds. The second-order valence-corrected chi connectivity index (χ2v) is 4.72. The summed E-state index contributed by atoms with van der Waals surface area (Å²) in [6.07, 6.45) is 0.209. The largest absolute Gasteiger partial charge is 0.548 e. The van der Waals surface area contributed by atoms with Gasteiger partial charge in [-0.05, 0) is 6.92 Å². The van der Waals surface area contributed by atoms with Gasteiger partial charge in [-0.15, -0.1) is 0 Å². The van der Waals surface area contributed by atoms with Crippen molar-refractivity contribution < 1.29 is 15.6 Å². The third kappa shape index (κ3) is 6.20. The minimum Gasteiger partial charge on any atom is -0.548 e. The fraction of sp³-hybridized carbons (Fsp3) is 0.875. The van der Waals surface area contributed by atoms with Crippen LogP contribution in [0.15, 0.2) is 0 Å². The number of hydrogen-bond donors (Lipinski definition) is 3. The van der Waals surface area contributed by atoms with Gasteiger partial charge in [-0.2, -0.15) is 11.8 Å². The van der Waals surface area contributed by atoms with Crippen LogP contribution in [-0.2, 0) is 4.79 Å². The summed E-state index contributed by atoms with van der Waals surface area (Å²) in [5.74, 6) is -0.0221. The third-order valence-electron chi connectivity index (χ3n) is 1.61. The molecule has 0 saturated heterocycles. The lowest BCUT2D eigenvalue weighted by Crippen LogP contribution is -2.66. The van der Waals surface area contributed by atoms with E-state index in [4.69, 9.17) is 5.73 Å². The summed E-state index contributed by atoms with van der Waals surface area (Å²) in [4.78, 5) is 10.5. The van der Waals surface area contributed by atoms with Crippen molar-refractivity contribution in [2.24, 2.45) is 5.73 Å². The van der Waals surface area contributed by atoms with Crippen LogP contribution in [0.1, 0.15) is 13.8 Å². The molecule has 84 valence electrons. The number of hydrogen-bond acceptors (Lipinski definition) is 5. The van der Waals surface area contributed by atoms with E-state index >= 15 is 0 Å². The monoisotopic (exact) mass is 221 g/mol. The summed E-state index contributed by atoms with van der Waals surface area (Å²) in [6, 6.07) is 0. The number of carbonyl (C=O) groups excluding carboxylic acids is 1. The second kappa shape index (κ2) is 6.23. The van der Waals surface area contributed by atoms with E-state index in [-0.39, 0.29) is 6.17 Å². The van der Waals surface area contributed by atoms with E-state index in [9.17, 15) is 9.90 Å². The topological polar surface area (TPSA) is 106 Å². The molecule has 6 N–H and O–H groups in total. The molecule has 0 bridgehead atoms. The van der Waals surface area contributed by atoms with E-state index in [0.717, 1.165) is 12.3 Å². The normalized spacial score (nSPS) is 17.4. The van der Waals surface area contributed by atoms with Gasteiger partial charge in [-0.3, -0.25) is 5.32 Å². The van der Waals surface area contributed by atoms with Crippen molar-refractivity contribution in [2.45, 2.75) is 25.6 Å². The first-order valence-corrected chi connectivity index (χ1v) is 5.66. The predicted octanol–water partition coefficient (Wildman–Crippen LogP) is -2.64. The minimum absolute atomic E-state index is 0.209. The Morgan fingerprint density at radius 2 is 2.36 bits per heavy atom. The van der Waals surface area contributed by atoms with Gasteiger partial charge in [-0.25, -0.2) is 0 Å². The lowest BCUT2D eigenvalue weighted by molar-refractivity contribution is -0.422. The van der Waals surface area contributed by atoms with Gasteiger partial charge in [0.25, 0.3) is 0 Å². The molecule has 0 radical (unpaired) electrons. The first-order valence-electron chi connectivity index (χ1n) is 4.51. The molecule has 2 atom stereocenters. The Kier molecular flexibility index (Phi) is 6.10. The Morgan fingerprint density at radius 3 is 2.79 bits per heavy atom. The van der Waals surface area contributed by atoms with E-state index in [1.54, 1.807) is 0 Å². The van der Waals surface area contributed by atoms with Gasteiger partial charge in [-0.1, -0.05) is 0 Å². The van der Waals surface area contributed by atoms with Crippen LogP contribution in [0.25, 0.3) is 0 Å². The maximum atomic E-state index is 10.5. The summed E-state index contributed by atoms with van der Waals surface area (Å²) in [5, 5.41) is 13.6. The summed E-state index contributed by atoms with van der Waals surface area (Å²) < 4.78 is 0. The number of carbonyl (C=O) groups is 1. The van der Waals surface area contributed by atoms with Crippen LogP contribution in [0.5, 0.6) is 0 Å².